The molecule has 0 bridgehead atoms. The number of rotatable bonds is 6. The average Bonchev–Trinajstić information content (AvgIpc) is 3.11. The summed E-state index contributed by atoms with van der Waals surface area (Å²) in [6.07, 6.45) is 16.7. The molecule has 0 radical (unpaired) electrons. The molecular formula is C30H45NO3. The molecule has 0 spiro atoms. The number of aliphatic hydroxyl groups excluding tert-OH is 2. The Morgan fingerprint density at radius 1 is 1.32 bits per heavy atom. The molecule has 2 N–H and O–H groups in total. The molecule has 0 aromatic rings. The Kier molecular flexibility index (Phi) is 8.47. The summed E-state index contributed by atoms with van der Waals surface area (Å²) in [6, 6.07) is 0. The van der Waals surface area contributed by atoms with Crippen LogP contribution in [0.2, 0.25) is 0 Å². The summed E-state index contributed by atoms with van der Waals surface area (Å²) in [5, 5.41) is 24.5. The van der Waals surface area contributed by atoms with Crippen molar-refractivity contribution in [2.75, 3.05) is 7.11 Å². The summed E-state index contributed by atoms with van der Waals surface area (Å²) in [5.41, 5.74) is 5.95. The van der Waals surface area contributed by atoms with Gasteiger partial charge in [-0.2, -0.15) is 0 Å². The first kappa shape index (κ1) is 26.7. The van der Waals surface area contributed by atoms with Crippen LogP contribution >= 0.6 is 0 Å². The van der Waals surface area contributed by atoms with Gasteiger partial charge in [0.1, 0.15) is 7.11 Å². The number of fused-ring (bicyclic) bond motifs is 1. The highest BCUT2D eigenvalue weighted by atomic mass is 16.6. The van der Waals surface area contributed by atoms with E-state index in [0.717, 1.165) is 36.1 Å². The van der Waals surface area contributed by atoms with Gasteiger partial charge in [0, 0.05) is 11.8 Å². The van der Waals surface area contributed by atoms with Crippen LogP contribution in [0.4, 0.5) is 0 Å². The standard InChI is InChI=1S/C30H45NO3/c1-20(10-8-12-28(31-34-7)29(3,4)5)25-15-16-26-22(11-9-17-30(25,26)6)13-14-23-18-24(32)19-27(33)21(23)2/h8,12-15,20,24,26-27,32-33H,2,9-11,16-19H2,1,3-7H3/t20?,24-,26?,27+,30?/m1/s1. The van der Waals surface area contributed by atoms with Crippen molar-refractivity contribution in [2.45, 2.75) is 91.8 Å². The van der Waals surface area contributed by atoms with E-state index in [1.807, 2.05) is 0 Å². The van der Waals surface area contributed by atoms with Crippen LogP contribution in [0.15, 0.2) is 64.4 Å². The number of oxime groups is 1. The third-order valence-corrected chi connectivity index (χ3v) is 8.13. The fraction of sp³-hybridized carbons (Fsp3) is 0.633. The smallest absolute Gasteiger partial charge is 0.106 e. The van der Waals surface area contributed by atoms with Gasteiger partial charge in [0.15, 0.2) is 0 Å². The average molecular weight is 468 g/mol. The minimum atomic E-state index is -0.633. The van der Waals surface area contributed by atoms with Gasteiger partial charge in [-0.3, -0.25) is 0 Å². The fourth-order valence-electron chi connectivity index (χ4n) is 6.11. The second-order valence-corrected chi connectivity index (χ2v) is 11.7. The van der Waals surface area contributed by atoms with Gasteiger partial charge in [-0.15, -0.1) is 0 Å². The van der Waals surface area contributed by atoms with Crippen LogP contribution in [-0.4, -0.2) is 35.2 Å². The molecule has 3 rings (SSSR count). The van der Waals surface area contributed by atoms with Gasteiger partial charge in [0.2, 0.25) is 0 Å². The van der Waals surface area contributed by atoms with Crippen molar-refractivity contribution >= 4 is 5.71 Å². The molecule has 5 atom stereocenters. The zero-order valence-electron chi connectivity index (χ0n) is 22.1. The van der Waals surface area contributed by atoms with Crippen LogP contribution in [0.5, 0.6) is 0 Å². The first-order chi connectivity index (χ1) is 16.0. The van der Waals surface area contributed by atoms with Crippen LogP contribution in [0.3, 0.4) is 0 Å². The Morgan fingerprint density at radius 2 is 2.06 bits per heavy atom. The number of nitrogens with zero attached hydrogens (tertiary/aromatic N) is 1. The number of aliphatic hydroxyl groups is 2. The quantitative estimate of drug-likeness (QED) is 0.260. The van der Waals surface area contributed by atoms with E-state index in [1.54, 1.807) is 12.7 Å². The van der Waals surface area contributed by atoms with E-state index < -0.39 is 12.2 Å². The van der Waals surface area contributed by atoms with Crippen LogP contribution < -0.4 is 0 Å². The Morgan fingerprint density at radius 3 is 2.74 bits per heavy atom. The molecule has 4 nitrogen and oxygen atoms in total. The summed E-state index contributed by atoms with van der Waals surface area (Å²) in [6.45, 7) is 15.3. The van der Waals surface area contributed by atoms with Gasteiger partial charge >= 0.3 is 0 Å². The Hall–Kier alpha value is -1.91. The summed E-state index contributed by atoms with van der Waals surface area (Å²) < 4.78 is 0. The van der Waals surface area contributed by atoms with Gasteiger partial charge in [0.05, 0.1) is 17.9 Å². The molecule has 3 aliphatic carbocycles. The van der Waals surface area contributed by atoms with E-state index in [2.05, 4.69) is 76.7 Å². The first-order valence-electron chi connectivity index (χ1n) is 12.9. The van der Waals surface area contributed by atoms with Crippen LogP contribution in [0, 0.1) is 22.7 Å². The molecule has 34 heavy (non-hydrogen) atoms. The second-order valence-electron chi connectivity index (χ2n) is 11.7. The monoisotopic (exact) mass is 467 g/mol. The molecule has 2 saturated carbocycles. The Labute approximate surface area is 206 Å². The predicted octanol–water partition coefficient (Wildman–Crippen LogP) is 6.68. The molecule has 0 aliphatic heterocycles. The van der Waals surface area contributed by atoms with Gasteiger partial charge < -0.3 is 15.1 Å². The minimum absolute atomic E-state index is 0.0489. The molecule has 3 aliphatic rings. The highest BCUT2D eigenvalue weighted by molar-refractivity contribution is 5.98. The lowest BCUT2D eigenvalue weighted by atomic mass is 9.62. The fourth-order valence-corrected chi connectivity index (χ4v) is 6.11. The molecule has 0 saturated heterocycles. The van der Waals surface area contributed by atoms with Gasteiger partial charge in [-0.1, -0.05) is 81.8 Å². The van der Waals surface area contributed by atoms with Crippen molar-refractivity contribution in [3.8, 4) is 0 Å². The summed E-state index contributed by atoms with van der Waals surface area (Å²) in [7, 11) is 1.60. The van der Waals surface area contributed by atoms with E-state index >= 15 is 0 Å². The molecule has 4 heteroatoms. The number of hydrogen-bond donors (Lipinski definition) is 2. The number of allylic oxidation sites excluding steroid dienone is 7. The van der Waals surface area contributed by atoms with Crippen molar-refractivity contribution in [3.63, 3.8) is 0 Å². The van der Waals surface area contributed by atoms with Crippen molar-refractivity contribution in [1.29, 1.82) is 0 Å². The molecule has 0 aromatic heterocycles. The normalized spacial score (nSPS) is 34.0. The first-order valence-corrected chi connectivity index (χ1v) is 12.9. The SMILES string of the molecule is C=C1C(=CC=C2CCCC3(C)C(C(C)CC=CC(=NOC)C(C)(C)C)=CCC23)C[C@@H](O)C[C@@H]1O. The number of hydrogen-bond acceptors (Lipinski definition) is 4. The third-order valence-electron chi connectivity index (χ3n) is 8.13. The molecule has 0 heterocycles. The zero-order chi connectivity index (χ0) is 25.1. The lowest BCUT2D eigenvalue weighted by Gasteiger charge is -2.42. The Balaban J connectivity index is 1.73. The summed E-state index contributed by atoms with van der Waals surface area (Å²) in [4.78, 5) is 5.05. The van der Waals surface area contributed by atoms with E-state index in [-0.39, 0.29) is 10.8 Å². The van der Waals surface area contributed by atoms with E-state index in [9.17, 15) is 10.2 Å². The maximum Gasteiger partial charge on any atom is 0.106 e. The summed E-state index contributed by atoms with van der Waals surface area (Å²) >= 11 is 0. The highest BCUT2D eigenvalue weighted by Gasteiger charge is 2.45. The molecule has 188 valence electrons. The van der Waals surface area contributed by atoms with Crippen LogP contribution in [0.1, 0.15) is 79.6 Å². The highest BCUT2D eigenvalue weighted by Crippen LogP contribution is 2.57. The van der Waals surface area contributed by atoms with Gasteiger partial charge in [0.25, 0.3) is 0 Å². The van der Waals surface area contributed by atoms with E-state index in [4.69, 9.17) is 4.84 Å². The minimum Gasteiger partial charge on any atom is -0.399 e. The maximum absolute atomic E-state index is 10.2. The second kappa shape index (κ2) is 10.8. The van der Waals surface area contributed by atoms with Crippen molar-refractivity contribution in [1.82, 2.24) is 0 Å². The van der Waals surface area contributed by atoms with Crippen molar-refractivity contribution < 1.29 is 15.1 Å². The predicted molar refractivity (Wildman–Crippen MR) is 142 cm³/mol. The Bertz CT molecular complexity index is 914. The van der Waals surface area contributed by atoms with Crippen LogP contribution in [-0.2, 0) is 4.84 Å². The lowest BCUT2D eigenvalue weighted by Crippen LogP contribution is -2.32. The van der Waals surface area contributed by atoms with Gasteiger partial charge in [-0.25, -0.2) is 0 Å². The summed E-state index contributed by atoms with van der Waals surface area (Å²) in [5.74, 6) is 1.02. The van der Waals surface area contributed by atoms with Gasteiger partial charge in [-0.05, 0) is 73.0 Å². The zero-order valence-corrected chi connectivity index (χ0v) is 22.1. The van der Waals surface area contributed by atoms with E-state index in [1.165, 1.54) is 18.4 Å². The molecular weight excluding hydrogens is 422 g/mol. The van der Waals surface area contributed by atoms with E-state index in [0.29, 0.717) is 24.7 Å². The molecule has 0 aromatic carbocycles. The molecule has 0 amide bonds. The van der Waals surface area contributed by atoms with Crippen molar-refractivity contribution in [3.05, 3.63) is 59.3 Å². The maximum atomic E-state index is 10.2. The van der Waals surface area contributed by atoms with Crippen molar-refractivity contribution in [2.24, 2.45) is 27.8 Å². The molecule has 2 fully saturated rings. The third kappa shape index (κ3) is 5.83. The largest absolute Gasteiger partial charge is 0.399 e. The topological polar surface area (TPSA) is 62.0 Å². The van der Waals surface area contributed by atoms with Crippen LogP contribution in [0.25, 0.3) is 0 Å². The lowest BCUT2D eigenvalue weighted by molar-refractivity contribution is 0.0862. The molecule has 3 unspecified atom stereocenters.